The number of ether oxygens (including phenoxy) is 1. The molecule has 4 aromatic rings. The van der Waals surface area contributed by atoms with Gasteiger partial charge in [-0.15, -0.1) is 0 Å². The number of pyridine rings is 1. The van der Waals surface area contributed by atoms with Crippen LogP contribution in [0.3, 0.4) is 0 Å². The molecular formula is C28H27N5O2. The molecule has 1 unspecified atom stereocenters. The van der Waals surface area contributed by atoms with E-state index in [1.807, 2.05) is 79.7 Å². The van der Waals surface area contributed by atoms with Crippen LogP contribution in [0.25, 0.3) is 11.1 Å². The highest BCUT2D eigenvalue weighted by molar-refractivity contribution is 5.69. The first-order valence-corrected chi connectivity index (χ1v) is 11.6. The van der Waals surface area contributed by atoms with Gasteiger partial charge in [-0.25, -0.2) is 4.98 Å². The van der Waals surface area contributed by atoms with Crippen LogP contribution in [0.2, 0.25) is 0 Å². The minimum atomic E-state index is -0.0428. The van der Waals surface area contributed by atoms with Crippen LogP contribution in [0.1, 0.15) is 34.1 Å². The van der Waals surface area contributed by atoms with Crippen LogP contribution in [0.5, 0.6) is 5.75 Å². The third-order valence-electron chi connectivity index (χ3n) is 6.91. The number of benzene rings is 2. The number of fused-ring (bicyclic) bond motifs is 1. The summed E-state index contributed by atoms with van der Waals surface area (Å²) in [5.41, 5.74) is 6.92. The quantitative estimate of drug-likeness (QED) is 0.448. The van der Waals surface area contributed by atoms with E-state index in [0.717, 1.165) is 52.4 Å². The Hall–Kier alpha value is -4.15. The SMILES string of the molecule is COc1cccc(-c2cc(=O)n(C)c3c2CN(C(c2ccc(C#N)cc2)c2cncn2C)CC3)c1. The lowest BCUT2D eigenvalue weighted by atomic mass is 9.92. The molecule has 3 heterocycles. The van der Waals surface area contributed by atoms with Crippen molar-refractivity contribution in [2.45, 2.75) is 19.0 Å². The molecular weight excluding hydrogens is 438 g/mol. The van der Waals surface area contributed by atoms with Gasteiger partial charge < -0.3 is 13.9 Å². The highest BCUT2D eigenvalue weighted by atomic mass is 16.5. The van der Waals surface area contributed by atoms with Gasteiger partial charge in [-0.3, -0.25) is 9.69 Å². The highest BCUT2D eigenvalue weighted by Crippen LogP contribution is 2.36. The molecule has 2 aromatic carbocycles. The Bertz CT molecular complexity index is 1480. The molecule has 7 nitrogen and oxygen atoms in total. The van der Waals surface area contributed by atoms with Crippen molar-refractivity contribution in [1.82, 2.24) is 19.0 Å². The van der Waals surface area contributed by atoms with E-state index >= 15 is 0 Å². The number of hydrogen-bond acceptors (Lipinski definition) is 5. The molecule has 0 fully saturated rings. The van der Waals surface area contributed by atoms with Gasteiger partial charge in [0.1, 0.15) is 5.75 Å². The molecule has 7 heteroatoms. The molecule has 0 N–H and O–H groups in total. The number of aryl methyl sites for hydroxylation is 1. The average molecular weight is 466 g/mol. The van der Waals surface area contributed by atoms with Crippen LogP contribution in [-0.4, -0.2) is 32.7 Å². The van der Waals surface area contributed by atoms with Crippen LogP contribution in [0.4, 0.5) is 0 Å². The van der Waals surface area contributed by atoms with Crippen LogP contribution in [-0.2, 0) is 27.1 Å². The van der Waals surface area contributed by atoms with Gasteiger partial charge in [0.25, 0.3) is 5.56 Å². The lowest BCUT2D eigenvalue weighted by Crippen LogP contribution is -2.38. The molecule has 0 bridgehead atoms. The van der Waals surface area contributed by atoms with E-state index < -0.39 is 0 Å². The lowest BCUT2D eigenvalue weighted by molar-refractivity contribution is 0.197. The fraction of sp³-hybridized carbons (Fsp3) is 0.250. The van der Waals surface area contributed by atoms with Gasteiger partial charge in [0, 0.05) is 45.4 Å². The topological polar surface area (TPSA) is 76.1 Å². The second kappa shape index (κ2) is 9.24. The van der Waals surface area contributed by atoms with Crippen molar-refractivity contribution in [1.29, 1.82) is 5.26 Å². The summed E-state index contributed by atoms with van der Waals surface area (Å²) in [5.74, 6) is 0.759. The van der Waals surface area contributed by atoms with Gasteiger partial charge >= 0.3 is 0 Å². The summed E-state index contributed by atoms with van der Waals surface area (Å²) in [7, 11) is 5.50. The molecule has 0 spiro atoms. The Labute approximate surface area is 204 Å². The first-order valence-electron chi connectivity index (χ1n) is 11.6. The molecule has 1 aliphatic rings. The van der Waals surface area contributed by atoms with Gasteiger partial charge in [-0.2, -0.15) is 5.26 Å². The summed E-state index contributed by atoms with van der Waals surface area (Å²) >= 11 is 0. The van der Waals surface area contributed by atoms with Crippen molar-refractivity contribution in [3.05, 3.63) is 106 Å². The smallest absolute Gasteiger partial charge is 0.251 e. The number of nitrogens with zero attached hydrogens (tertiary/aromatic N) is 5. The molecule has 0 radical (unpaired) electrons. The fourth-order valence-electron chi connectivity index (χ4n) is 5.03. The minimum absolute atomic E-state index is 0.00898. The molecule has 2 aromatic heterocycles. The number of rotatable bonds is 5. The molecule has 0 saturated carbocycles. The van der Waals surface area contributed by atoms with E-state index in [1.54, 1.807) is 17.7 Å². The van der Waals surface area contributed by atoms with Crippen molar-refractivity contribution in [3.63, 3.8) is 0 Å². The average Bonchev–Trinajstić information content (AvgIpc) is 3.32. The van der Waals surface area contributed by atoms with Crippen molar-refractivity contribution >= 4 is 0 Å². The van der Waals surface area contributed by atoms with E-state index in [2.05, 4.69) is 16.0 Å². The predicted molar refractivity (Wildman–Crippen MR) is 134 cm³/mol. The number of methoxy groups -OCH3 is 1. The third kappa shape index (κ3) is 4.13. The molecule has 0 saturated heterocycles. The maximum absolute atomic E-state index is 12.8. The van der Waals surface area contributed by atoms with Crippen molar-refractivity contribution in [3.8, 4) is 22.9 Å². The third-order valence-corrected chi connectivity index (χ3v) is 6.91. The second-order valence-electron chi connectivity index (χ2n) is 8.90. The Balaban J connectivity index is 1.62. The van der Waals surface area contributed by atoms with Gasteiger partial charge in [-0.05, 0) is 46.5 Å². The first-order chi connectivity index (χ1) is 17.0. The zero-order chi connectivity index (χ0) is 24.5. The van der Waals surface area contributed by atoms with E-state index in [9.17, 15) is 10.1 Å². The molecule has 1 atom stereocenters. The van der Waals surface area contributed by atoms with Crippen molar-refractivity contribution < 1.29 is 4.74 Å². The van der Waals surface area contributed by atoms with Crippen LogP contribution < -0.4 is 10.3 Å². The molecule has 1 aliphatic heterocycles. The van der Waals surface area contributed by atoms with E-state index in [-0.39, 0.29) is 11.6 Å². The summed E-state index contributed by atoms with van der Waals surface area (Å²) in [6.45, 7) is 1.46. The predicted octanol–water partition coefficient (Wildman–Crippen LogP) is 3.81. The maximum atomic E-state index is 12.8. The Morgan fingerprint density at radius 2 is 1.91 bits per heavy atom. The monoisotopic (exact) mass is 465 g/mol. The summed E-state index contributed by atoms with van der Waals surface area (Å²) in [6.07, 6.45) is 4.47. The van der Waals surface area contributed by atoms with Crippen LogP contribution >= 0.6 is 0 Å². The maximum Gasteiger partial charge on any atom is 0.251 e. The second-order valence-corrected chi connectivity index (χ2v) is 8.90. The number of aromatic nitrogens is 3. The number of imidazole rings is 1. The summed E-state index contributed by atoms with van der Waals surface area (Å²) in [4.78, 5) is 19.6. The van der Waals surface area contributed by atoms with Crippen molar-refractivity contribution in [2.24, 2.45) is 14.1 Å². The zero-order valence-corrected chi connectivity index (χ0v) is 20.1. The van der Waals surface area contributed by atoms with E-state index in [1.165, 1.54) is 0 Å². The van der Waals surface area contributed by atoms with Crippen LogP contribution in [0.15, 0.2) is 71.9 Å². The van der Waals surface area contributed by atoms with Gasteiger partial charge in [0.2, 0.25) is 0 Å². The molecule has 0 aliphatic carbocycles. The minimum Gasteiger partial charge on any atom is -0.497 e. The zero-order valence-electron chi connectivity index (χ0n) is 20.1. The number of nitriles is 1. The van der Waals surface area contributed by atoms with E-state index in [4.69, 9.17) is 4.74 Å². The number of hydrogen-bond donors (Lipinski definition) is 0. The normalized spacial score (nSPS) is 14.2. The molecule has 176 valence electrons. The fourth-order valence-corrected chi connectivity index (χ4v) is 5.03. The van der Waals surface area contributed by atoms with Gasteiger partial charge in [0.05, 0.1) is 43.0 Å². The molecule has 5 rings (SSSR count). The Morgan fingerprint density at radius 3 is 2.60 bits per heavy atom. The highest BCUT2D eigenvalue weighted by Gasteiger charge is 2.30. The molecule has 0 amide bonds. The summed E-state index contributed by atoms with van der Waals surface area (Å²) < 4.78 is 9.26. The van der Waals surface area contributed by atoms with Crippen LogP contribution in [0, 0.1) is 11.3 Å². The van der Waals surface area contributed by atoms with Crippen molar-refractivity contribution in [2.75, 3.05) is 13.7 Å². The standard InChI is InChI=1S/C28H27N5O2/c1-31-18-30-16-26(31)28(20-9-7-19(15-29)8-10-20)33-12-11-25-24(17-33)23(14-27(34)32(25)2)21-5-4-6-22(13-21)35-3/h4-10,13-14,16,18,28H,11-12,17H2,1-3H3. The lowest BCUT2D eigenvalue weighted by Gasteiger charge is -2.37. The van der Waals surface area contributed by atoms with Gasteiger partial charge in [0.15, 0.2) is 0 Å². The Kier molecular flexibility index (Phi) is 5.98. The largest absolute Gasteiger partial charge is 0.497 e. The summed E-state index contributed by atoms with van der Waals surface area (Å²) in [5, 5.41) is 9.27. The van der Waals surface area contributed by atoms with Gasteiger partial charge in [-0.1, -0.05) is 24.3 Å². The molecule has 35 heavy (non-hydrogen) atoms. The Morgan fingerprint density at radius 1 is 1.11 bits per heavy atom. The van der Waals surface area contributed by atoms with E-state index in [0.29, 0.717) is 12.1 Å². The summed E-state index contributed by atoms with van der Waals surface area (Å²) in [6, 6.07) is 19.5. The first kappa shape index (κ1) is 22.6.